The van der Waals surface area contributed by atoms with E-state index < -0.39 is 0 Å². The number of nitrogens with zero attached hydrogens (tertiary/aromatic N) is 4. The van der Waals surface area contributed by atoms with E-state index in [9.17, 15) is 4.79 Å². The van der Waals surface area contributed by atoms with Gasteiger partial charge in [0.25, 0.3) is 5.91 Å². The number of anilines is 1. The Bertz CT molecular complexity index is 1290. The third-order valence-electron chi connectivity index (χ3n) is 6.65. The van der Waals surface area contributed by atoms with E-state index in [1.807, 2.05) is 21.7 Å². The first-order chi connectivity index (χ1) is 16.3. The second kappa shape index (κ2) is 8.60. The number of amides is 1. The number of rotatable bonds is 6. The molecule has 1 aliphatic carbocycles. The largest absolute Gasteiger partial charge is 0.356 e. The Labute approximate surface area is 197 Å². The molecule has 3 heterocycles. The van der Waals surface area contributed by atoms with Crippen molar-refractivity contribution >= 4 is 34.0 Å². The van der Waals surface area contributed by atoms with Crippen LogP contribution in [0.15, 0.2) is 65.6 Å². The Hall–Kier alpha value is -3.25. The minimum atomic E-state index is 0.141. The van der Waals surface area contributed by atoms with Crippen molar-refractivity contribution in [2.75, 3.05) is 18.0 Å². The number of hydrogen-bond donors (Lipinski definition) is 0. The molecule has 4 aromatic rings. The third kappa shape index (κ3) is 4.11. The lowest BCUT2D eigenvalue weighted by Gasteiger charge is -2.22. The molecule has 2 aromatic carbocycles. The Morgan fingerprint density at radius 2 is 1.88 bits per heavy atom. The lowest BCUT2D eigenvalue weighted by molar-refractivity contribution is 0.0730. The fourth-order valence-electron chi connectivity index (χ4n) is 4.75. The van der Waals surface area contributed by atoms with Gasteiger partial charge in [-0.1, -0.05) is 24.3 Å². The van der Waals surface area contributed by atoms with E-state index in [-0.39, 0.29) is 5.91 Å². The van der Waals surface area contributed by atoms with E-state index in [2.05, 4.69) is 57.3 Å². The first kappa shape index (κ1) is 20.4. The standard InChI is InChI=1S/C27H26N4OS/c32-27(22-10-13-33-17-22)31(23-7-8-23)16-19-4-3-5-20(14-19)21-6-9-25-24(15-21)26(29-18-28-25)30-11-1-2-12-30/h3-6,9-10,13-15,17-18,23H,1-2,7-8,11-12,16H2. The Balaban J connectivity index is 1.31. The van der Waals surface area contributed by atoms with Crippen LogP contribution < -0.4 is 4.90 Å². The van der Waals surface area contributed by atoms with Crippen LogP contribution in [0.5, 0.6) is 0 Å². The van der Waals surface area contributed by atoms with Crippen LogP contribution in [0, 0.1) is 0 Å². The predicted molar refractivity (Wildman–Crippen MR) is 134 cm³/mol. The van der Waals surface area contributed by atoms with E-state index in [1.165, 1.54) is 12.8 Å². The molecule has 1 saturated carbocycles. The number of hydrogen-bond acceptors (Lipinski definition) is 5. The SMILES string of the molecule is O=C(c1ccsc1)N(Cc1cccc(-c2ccc3ncnc(N4CCCC4)c3c2)c1)C1CC1. The lowest BCUT2D eigenvalue weighted by Crippen LogP contribution is -2.32. The van der Waals surface area contributed by atoms with Crippen molar-refractivity contribution in [2.45, 2.75) is 38.3 Å². The number of carbonyl (C=O) groups is 1. The number of thiophene rings is 1. The summed E-state index contributed by atoms with van der Waals surface area (Å²) in [5, 5.41) is 5.02. The van der Waals surface area contributed by atoms with Crippen LogP contribution in [0.25, 0.3) is 22.0 Å². The molecule has 2 fully saturated rings. The zero-order valence-corrected chi connectivity index (χ0v) is 19.3. The average molecular weight is 455 g/mol. The normalized spacial score (nSPS) is 15.8. The van der Waals surface area contributed by atoms with Crippen molar-refractivity contribution < 1.29 is 4.79 Å². The molecule has 2 aliphatic rings. The molecule has 5 nitrogen and oxygen atoms in total. The van der Waals surface area contributed by atoms with Crippen molar-refractivity contribution in [3.05, 3.63) is 76.7 Å². The topological polar surface area (TPSA) is 49.3 Å². The molecule has 0 N–H and O–H groups in total. The molecule has 1 aliphatic heterocycles. The Kier molecular flexibility index (Phi) is 5.30. The summed E-state index contributed by atoms with van der Waals surface area (Å²) in [5.41, 5.74) is 5.25. The van der Waals surface area contributed by atoms with Crippen LogP contribution in [0.3, 0.4) is 0 Å². The van der Waals surface area contributed by atoms with E-state index >= 15 is 0 Å². The van der Waals surface area contributed by atoms with Gasteiger partial charge in [-0.3, -0.25) is 4.79 Å². The highest BCUT2D eigenvalue weighted by Gasteiger charge is 2.33. The van der Waals surface area contributed by atoms with Gasteiger partial charge in [0.15, 0.2) is 0 Å². The van der Waals surface area contributed by atoms with Gasteiger partial charge in [0, 0.05) is 36.4 Å². The van der Waals surface area contributed by atoms with Gasteiger partial charge >= 0.3 is 0 Å². The fourth-order valence-corrected chi connectivity index (χ4v) is 5.38. The van der Waals surface area contributed by atoms with E-state index in [0.717, 1.165) is 64.9 Å². The first-order valence-electron chi connectivity index (χ1n) is 11.7. The summed E-state index contributed by atoms with van der Waals surface area (Å²) in [7, 11) is 0. The van der Waals surface area contributed by atoms with Gasteiger partial charge in [0.05, 0.1) is 11.1 Å². The van der Waals surface area contributed by atoms with Gasteiger partial charge < -0.3 is 9.80 Å². The molecule has 1 saturated heterocycles. The summed E-state index contributed by atoms with van der Waals surface area (Å²) in [6.45, 7) is 2.75. The predicted octanol–water partition coefficient (Wildman–Crippen LogP) is 5.76. The molecule has 0 radical (unpaired) electrons. The molecular formula is C27H26N4OS. The summed E-state index contributed by atoms with van der Waals surface area (Å²) in [5.74, 6) is 1.18. The molecular weight excluding hydrogens is 428 g/mol. The molecule has 0 spiro atoms. The fraction of sp³-hybridized carbons (Fsp3) is 0.296. The van der Waals surface area contributed by atoms with Crippen LogP contribution in [-0.2, 0) is 6.54 Å². The highest BCUT2D eigenvalue weighted by atomic mass is 32.1. The van der Waals surface area contributed by atoms with Gasteiger partial charge in [0.2, 0.25) is 0 Å². The monoisotopic (exact) mass is 454 g/mol. The van der Waals surface area contributed by atoms with Crippen LogP contribution in [0.1, 0.15) is 41.6 Å². The lowest BCUT2D eigenvalue weighted by atomic mass is 10.0. The maximum absolute atomic E-state index is 13.1. The van der Waals surface area contributed by atoms with Gasteiger partial charge in [-0.25, -0.2) is 9.97 Å². The van der Waals surface area contributed by atoms with Gasteiger partial charge in [-0.05, 0) is 72.0 Å². The maximum Gasteiger partial charge on any atom is 0.255 e. The van der Waals surface area contributed by atoms with Gasteiger partial charge in [0.1, 0.15) is 12.1 Å². The van der Waals surface area contributed by atoms with Crippen LogP contribution in [0.4, 0.5) is 5.82 Å². The molecule has 33 heavy (non-hydrogen) atoms. The average Bonchev–Trinajstić information content (AvgIpc) is 3.30. The quantitative estimate of drug-likeness (QED) is 0.371. The highest BCUT2D eigenvalue weighted by Crippen LogP contribution is 2.33. The Morgan fingerprint density at radius 3 is 2.67 bits per heavy atom. The number of fused-ring (bicyclic) bond motifs is 1. The zero-order valence-electron chi connectivity index (χ0n) is 18.5. The van der Waals surface area contributed by atoms with E-state index in [4.69, 9.17) is 0 Å². The maximum atomic E-state index is 13.1. The summed E-state index contributed by atoms with van der Waals surface area (Å²) in [6, 6.07) is 17.3. The number of aromatic nitrogens is 2. The van der Waals surface area contributed by atoms with Crippen molar-refractivity contribution in [3.63, 3.8) is 0 Å². The molecule has 6 rings (SSSR count). The molecule has 0 unspecified atom stereocenters. The second-order valence-corrected chi connectivity index (χ2v) is 9.78. The molecule has 0 atom stereocenters. The van der Waals surface area contributed by atoms with Crippen LogP contribution >= 0.6 is 11.3 Å². The molecule has 1 amide bonds. The van der Waals surface area contributed by atoms with E-state index in [0.29, 0.717) is 12.6 Å². The van der Waals surface area contributed by atoms with Crippen molar-refractivity contribution in [3.8, 4) is 11.1 Å². The van der Waals surface area contributed by atoms with E-state index in [1.54, 1.807) is 17.7 Å². The summed E-state index contributed by atoms with van der Waals surface area (Å²) >= 11 is 1.57. The van der Waals surface area contributed by atoms with Crippen LogP contribution in [-0.4, -0.2) is 39.9 Å². The first-order valence-corrected chi connectivity index (χ1v) is 12.6. The smallest absolute Gasteiger partial charge is 0.255 e. The summed E-state index contributed by atoms with van der Waals surface area (Å²) < 4.78 is 0. The van der Waals surface area contributed by atoms with Crippen LogP contribution in [0.2, 0.25) is 0 Å². The van der Waals surface area contributed by atoms with Crippen molar-refractivity contribution in [1.29, 1.82) is 0 Å². The number of carbonyl (C=O) groups excluding carboxylic acids is 1. The van der Waals surface area contributed by atoms with Gasteiger partial charge in [-0.2, -0.15) is 11.3 Å². The van der Waals surface area contributed by atoms with Crippen molar-refractivity contribution in [2.24, 2.45) is 0 Å². The number of benzene rings is 2. The molecule has 2 aromatic heterocycles. The summed E-state index contributed by atoms with van der Waals surface area (Å²) in [4.78, 5) is 26.6. The minimum absolute atomic E-state index is 0.141. The third-order valence-corrected chi connectivity index (χ3v) is 7.33. The van der Waals surface area contributed by atoms with Crippen molar-refractivity contribution in [1.82, 2.24) is 14.9 Å². The van der Waals surface area contributed by atoms with Gasteiger partial charge in [-0.15, -0.1) is 0 Å². The molecule has 6 heteroatoms. The minimum Gasteiger partial charge on any atom is -0.356 e. The summed E-state index contributed by atoms with van der Waals surface area (Å²) in [6.07, 6.45) is 6.30. The molecule has 0 bridgehead atoms. The second-order valence-electron chi connectivity index (χ2n) is 9.00. The molecule has 166 valence electrons. The Morgan fingerprint density at radius 1 is 1.03 bits per heavy atom. The highest BCUT2D eigenvalue weighted by molar-refractivity contribution is 7.08. The zero-order chi connectivity index (χ0) is 22.2.